The Hall–Kier alpha value is -2.39. The molecule has 134 valence electrons. The molecule has 0 aliphatic heterocycles. The quantitative estimate of drug-likeness (QED) is 0.623. The highest BCUT2D eigenvalue weighted by molar-refractivity contribution is 7.99. The molecule has 0 saturated carbocycles. The minimum Gasteiger partial charge on any atom is -0.326 e. The number of amides is 1. The maximum absolute atomic E-state index is 12.9. The van der Waals surface area contributed by atoms with Crippen molar-refractivity contribution in [2.75, 3.05) is 11.1 Å². The lowest BCUT2D eigenvalue weighted by Gasteiger charge is -2.10. The van der Waals surface area contributed by atoms with Crippen LogP contribution in [0.3, 0.4) is 0 Å². The highest BCUT2D eigenvalue weighted by Crippen LogP contribution is 2.27. The number of halogens is 1. The summed E-state index contributed by atoms with van der Waals surface area (Å²) in [7, 11) is 0. The van der Waals surface area contributed by atoms with Gasteiger partial charge in [0, 0.05) is 23.6 Å². The molecule has 0 spiro atoms. The molecule has 0 bridgehead atoms. The number of fused-ring (bicyclic) bond motifs is 1. The van der Waals surface area contributed by atoms with Crippen LogP contribution in [0.5, 0.6) is 0 Å². The molecule has 3 rings (SSSR count). The average Bonchev–Trinajstić information content (AvgIpc) is 2.87. The highest BCUT2D eigenvalue weighted by atomic mass is 32.2. The van der Waals surface area contributed by atoms with Crippen molar-refractivity contribution in [3.8, 4) is 6.07 Å². The van der Waals surface area contributed by atoms with Crippen LogP contribution in [0.15, 0.2) is 35.4 Å². The fourth-order valence-electron chi connectivity index (χ4n) is 2.98. The summed E-state index contributed by atoms with van der Waals surface area (Å²) in [5, 5.41) is 12.9. The zero-order valence-corrected chi connectivity index (χ0v) is 15.2. The van der Waals surface area contributed by atoms with Crippen LogP contribution >= 0.6 is 11.8 Å². The lowest BCUT2D eigenvalue weighted by Crippen LogP contribution is -2.12. The Morgan fingerprint density at radius 2 is 2.00 bits per heavy atom. The Bertz CT molecular complexity index is 830. The normalized spacial score (nSPS) is 13.4. The van der Waals surface area contributed by atoms with Crippen molar-refractivity contribution in [1.29, 1.82) is 5.26 Å². The van der Waals surface area contributed by atoms with Crippen molar-refractivity contribution < 1.29 is 9.18 Å². The van der Waals surface area contributed by atoms with Crippen LogP contribution in [0.2, 0.25) is 0 Å². The Morgan fingerprint density at radius 3 is 2.77 bits per heavy atom. The number of aryl methyl sites for hydroxylation is 2. The van der Waals surface area contributed by atoms with Gasteiger partial charge >= 0.3 is 0 Å². The van der Waals surface area contributed by atoms with Crippen LogP contribution in [0, 0.1) is 17.1 Å². The van der Waals surface area contributed by atoms with E-state index in [1.807, 2.05) is 6.07 Å². The van der Waals surface area contributed by atoms with Gasteiger partial charge < -0.3 is 5.32 Å². The number of rotatable bonds is 5. The fraction of sp³-hybridized carbons (Fsp3) is 0.350. The molecule has 1 aliphatic carbocycles. The van der Waals surface area contributed by atoms with Gasteiger partial charge in [-0.3, -0.25) is 4.79 Å². The first kappa shape index (κ1) is 18.4. The second kappa shape index (κ2) is 8.81. The number of carbonyl (C=O) groups excluding carboxylic acids is 1. The molecule has 1 aliphatic rings. The number of hydrogen-bond donors (Lipinski definition) is 1. The second-order valence-electron chi connectivity index (χ2n) is 6.27. The predicted octanol–water partition coefficient (Wildman–Crippen LogP) is 4.48. The van der Waals surface area contributed by atoms with Crippen LogP contribution < -0.4 is 5.32 Å². The topological polar surface area (TPSA) is 65.8 Å². The van der Waals surface area contributed by atoms with Gasteiger partial charge in [0.25, 0.3) is 0 Å². The molecule has 26 heavy (non-hydrogen) atoms. The first-order valence-electron chi connectivity index (χ1n) is 8.77. The maximum Gasteiger partial charge on any atom is 0.225 e. The van der Waals surface area contributed by atoms with Crippen molar-refractivity contribution in [1.82, 2.24) is 4.98 Å². The van der Waals surface area contributed by atoms with Gasteiger partial charge in [-0.25, -0.2) is 9.37 Å². The van der Waals surface area contributed by atoms with Crippen molar-refractivity contribution >= 4 is 23.4 Å². The zero-order valence-electron chi connectivity index (χ0n) is 14.4. The Kier molecular flexibility index (Phi) is 6.24. The van der Waals surface area contributed by atoms with Gasteiger partial charge in [-0.1, -0.05) is 6.42 Å². The molecule has 0 radical (unpaired) electrons. The lowest BCUT2D eigenvalue weighted by molar-refractivity contribution is -0.115. The molecule has 6 heteroatoms. The highest BCUT2D eigenvalue weighted by Gasteiger charge is 2.15. The smallest absolute Gasteiger partial charge is 0.225 e. The van der Waals surface area contributed by atoms with Crippen molar-refractivity contribution in [2.24, 2.45) is 0 Å². The Labute approximate surface area is 156 Å². The predicted molar refractivity (Wildman–Crippen MR) is 101 cm³/mol. The summed E-state index contributed by atoms with van der Waals surface area (Å²) >= 11 is 1.44. The van der Waals surface area contributed by atoms with Gasteiger partial charge in [-0.05, 0) is 61.6 Å². The van der Waals surface area contributed by atoms with E-state index in [1.54, 1.807) is 0 Å². The Balaban J connectivity index is 1.58. The second-order valence-corrected chi connectivity index (χ2v) is 7.36. The molecule has 2 aromatic rings. The summed E-state index contributed by atoms with van der Waals surface area (Å²) in [5.74, 6) is 0.0577. The van der Waals surface area contributed by atoms with E-state index in [9.17, 15) is 14.4 Å². The van der Waals surface area contributed by atoms with E-state index < -0.39 is 0 Å². The molecule has 0 fully saturated rings. The van der Waals surface area contributed by atoms with Crippen LogP contribution in [-0.2, 0) is 17.6 Å². The molecule has 1 N–H and O–H groups in total. The monoisotopic (exact) mass is 369 g/mol. The third-order valence-corrected chi connectivity index (χ3v) is 5.33. The average molecular weight is 369 g/mol. The van der Waals surface area contributed by atoms with Gasteiger partial charge in [-0.2, -0.15) is 5.26 Å². The van der Waals surface area contributed by atoms with Crippen LogP contribution in [0.25, 0.3) is 0 Å². The summed E-state index contributed by atoms with van der Waals surface area (Å²) in [6, 6.07) is 9.87. The largest absolute Gasteiger partial charge is 0.326 e. The molecule has 4 nitrogen and oxygen atoms in total. The molecule has 1 amide bonds. The molecule has 0 atom stereocenters. The summed E-state index contributed by atoms with van der Waals surface area (Å²) in [4.78, 5) is 16.7. The zero-order chi connectivity index (χ0) is 18.4. The van der Waals surface area contributed by atoms with E-state index in [4.69, 9.17) is 4.98 Å². The minimum absolute atomic E-state index is 0.141. The van der Waals surface area contributed by atoms with E-state index in [0.717, 1.165) is 31.4 Å². The summed E-state index contributed by atoms with van der Waals surface area (Å²) < 4.78 is 12.9. The van der Waals surface area contributed by atoms with Crippen LogP contribution in [0.4, 0.5) is 10.1 Å². The molecule has 1 aromatic heterocycles. The SMILES string of the molecule is N#Cc1cc2c(nc1SCCC(=O)Nc1ccc(F)cc1)CCCCC2. The molecular weight excluding hydrogens is 349 g/mol. The summed E-state index contributed by atoms with van der Waals surface area (Å²) in [6.07, 6.45) is 5.73. The van der Waals surface area contributed by atoms with Crippen LogP contribution in [-0.4, -0.2) is 16.6 Å². The van der Waals surface area contributed by atoms with E-state index in [2.05, 4.69) is 11.4 Å². The summed E-state index contributed by atoms with van der Waals surface area (Å²) in [6.45, 7) is 0. The van der Waals surface area contributed by atoms with E-state index >= 15 is 0 Å². The first-order valence-corrected chi connectivity index (χ1v) is 9.75. The molecular formula is C20H20FN3OS. The fourth-order valence-corrected chi connectivity index (χ4v) is 3.89. The third kappa shape index (κ3) is 4.83. The summed E-state index contributed by atoms with van der Waals surface area (Å²) in [5.41, 5.74) is 3.45. The lowest BCUT2D eigenvalue weighted by atomic mass is 10.1. The minimum atomic E-state index is -0.336. The molecule has 1 aromatic carbocycles. The third-order valence-electron chi connectivity index (χ3n) is 4.33. The van der Waals surface area contributed by atoms with E-state index in [1.165, 1.54) is 48.0 Å². The van der Waals surface area contributed by atoms with Crippen molar-refractivity contribution in [2.45, 2.75) is 43.6 Å². The number of pyridine rings is 1. The van der Waals surface area contributed by atoms with Gasteiger partial charge in [0.1, 0.15) is 16.9 Å². The van der Waals surface area contributed by atoms with Gasteiger partial charge in [0.15, 0.2) is 0 Å². The van der Waals surface area contributed by atoms with E-state index in [0.29, 0.717) is 28.5 Å². The number of anilines is 1. The van der Waals surface area contributed by atoms with Crippen LogP contribution in [0.1, 0.15) is 42.5 Å². The van der Waals surface area contributed by atoms with Crippen molar-refractivity contribution in [3.05, 3.63) is 53.0 Å². The Morgan fingerprint density at radius 1 is 1.23 bits per heavy atom. The molecule has 1 heterocycles. The number of thioether (sulfide) groups is 1. The number of hydrogen-bond acceptors (Lipinski definition) is 4. The number of nitrogens with zero attached hydrogens (tertiary/aromatic N) is 2. The van der Waals surface area contributed by atoms with Crippen molar-refractivity contribution in [3.63, 3.8) is 0 Å². The van der Waals surface area contributed by atoms with Gasteiger partial charge in [0.2, 0.25) is 5.91 Å². The number of benzene rings is 1. The van der Waals surface area contributed by atoms with E-state index in [-0.39, 0.29) is 11.7 Å². The van der Waals surface area contributed by atoms with Gasteiger partial charge in [0.05, 0.1) is 5.56 Å². The molecule has 0 saturated heterocycles. The van der Waals surface area contributed by atoms with Gasteiger partial charge in [-0.15, -0.1) is 11.8 Å². The number of nitrogens with one attached hydrogen (secondary N) is 1. The standard InChI is InChI=1S/C20H20FN3OS/c21-16-6-8-17(9-7-16)23-19(25)10-11-26-20-15(13-22)12-14-4-2-1-3-5-18(14)24-20/h6-9,12H,1-5,10-11H2,(H,23,25). The number of carbonyl (C=O) groups is 1. The first-order chi connectivity index (χ1) is 12.7. The number of nitriles is 1. The maximum atomic E-state index is 12.9. The molecule has 0 unspecified atom stereocenters. The number of aromatic nitrogens is 1.